The second kappa shape index (κ2) is 11.0. The lowest BCUT2D eigenvalue weighted by molar-refractivity contribution is -0.126. The van der Waals surface area contributed by atoms with Gasteiger partial charge in [-0.3, -0.25) is 19.5 Å². The molecule has 36 heavy (non-hydrogen) atoms. The highest BCUT2D eigenvalue weighted by molar-refractivity contribution is 6.04. The van der Waals surface area contributed by atoms with Gasteiger partial charge in [0, 0.05) is 24.6 Å². The molecule has 0 saturated carbocycles. The second-order valence-corrected chi connectivity index (χ2v) is 9.32. The fourth-order valence-electron chi connectivity index (χ4n) is 4.08. The number of nitrogens with zero attached hydrogens (tertiary/aromatic N) is 2. The number of aromatic nitrogens is 1. The summed E-state index contributed by atoms with van der Waals surface area (Å²) in [5.74, 6) is -0.280. The van der Waals surface area contributed by atoms with E-state index in [-0.39, 0.29) is 24.3 Å². The molecule has 8 heteroatoms. The van der Waals surface area contributed by atoms with Gasteiger partial charge >= 0.3 is 6.09 Å². The summed E-state index contributed by atoms with van der Waals surface area (Å²) in [5.41, 5.74) is 3.68. The van der Waals surface area contributed by atoms with Gasteiger partial charge in [0.25, 0.3) is 5.91 Å². The Morgan fingerprint density at radius 2 is 1.86 bits per heavy atom. The summed E-state index contributed by atoms with van der Waals surface area (Å²) in [7, 11) is 0. The Morgan fingerprint density at radius 1 is 1.08 bits per heavy atom. The molecule has 1 aliphatic heterocycles. The van der Waals surface area contributed by atoms with Crippen molar-refractivity contribution in [1.29, 1.82) is 0 Å². The zero-order valence-electron chi connectivity index (χ0n) is 20.6. The molecule has 2 atom stereocenters. The third-order valence-electron chi connectivity index (χ3n) is 5.89. The highest BCUT2D eigenvalue weighted by atomic mass is 16.6. The molecule has 0 radical (unpaired) electrons. The summed E-state index contributed by atoms with van der Waals surface area (Å²) in [4.78, 5) is 44.1. The van der Waals surface area contributed by atoms with E-state index in [2.05, 4.69) is 15.6 Å². The molecule has 2 N–H and O–H groups in total. The second-order valence-electron chi connectivity index (χ2n) is 9.32. The number of carbonyl (C=O) groups is 3. The van der Waals surface area contributed by atoms with Crippen molar-refractivity contribution in [2.45, 2.75) is 39.5 Å². The Kier molecular flexibility index (Phi) is 7.63. The summed E-state index contributed by atoms with van der Waals surface area (Å²) < 4.78 is 5.72. The lowest BCUT2D eigenvalue weighted by Gasteiger charge is -2.25. The summed E-state index contributed by atoms with van der Waals surface area (Å²) in [5, 5.41) is 5.77. The lowest BCUT2D eigenvalue weighted by atomic mass is 10.00. The highest BCUT2D eigenvalue weighted by Gasteiger charge is 2.46. The normalized spacial score (nSPS) is 17.1. The number of cyclic esters (lactones) is 1. The van der Waals surface area contributed by atoms with Gasteiger partial charge in [-0.1, -0.05) is 55.8 Å². The van der Waals surface area contributed by atoms with E-state index < -0.39 is 18.2 Å². The third kappa shape index (κ3) is 5.89. The Bertz CT molecular complexity index is 1230. The van der Waals surface area contributed by atoms with Crippen molar-refractivity contribution in [3.05, 3.63) is 95.3 Å². The molecular formula is C28H30N4O4. The van der Waals surface area contributed by atoms with Crippen LogP contribution in [0, 0.1) is 12.8 Å². The van der Waals surface area contributed by atoms with Crippen LogP contribution in [-0.4, -0.2) is 40.4 Å². The van der Waals surface area contributed by atoms with E-state index in [1.807, 2.05) is 45.0 Å². The largest absolute Gasteiger partial charge is 0.438 e. The molecule has 2 unspecified atom stereocenters. The van der Waals surface area contributed by atoms with Crippen molar-refractivity contribution >= 4 is 23.6 Å². The molecule has 186 valence electrons. The van der Waals surface area contributed by atoms with E-state index >= 15 is 0 Å². The van der Waals surface area contributed by atoms with Gasteiger partial charge < -0.3 is 15.4 Å². The maximum absolute atomic E-state index is 13.3. The molecule has 4 rings (SSSR count). The van der Waals surface area contributed by atoms with Crippen molar-refractivity contribution in [3.63, 3.8) is 0 Å². The minimum atomic E-state index is -0.826. The van der Waals surface area contributed by atoms with Crippen molar-refractivity contribution < 1.29 is 19.1 Å². The fourth-order valence-corrected chi connectivity index (χ4v) is 4.08. The van der Waals surface area contributed by atoms with E-state index in [0.717, 1.165) is 11.1 Å². The number of anilines is 1. The van der Waals surface area contributed by atoms with Crippen LogP contribution in [0.3, 0.4) is 0 Å². The first kappa shape index (κ1) is 24.9. The van der Waals surface area contributed by atoms with E-state index in [1.54, 1.807) is 42.6 Å². The van der Waals surface area contributed by atoms with Crippen LogP contribution in [0.25, 0.3) is 0 Å². The lowest BCUT2D eigenvalue weighted by Crippen LogP contribution is -2.47. The molecule has 3 amide bonds. The number of ether oxygens (including phenoxy) is 1. The standard InChI is InChI=1S/C28H30N4O4/c1-18(2)15-30-27(34)24-25(36-28(35)32(24)17-20-7-4-6-19(3)14-20)21-9-11-23(12-10-21)31-26(33)22-8-5-13-29-16-22/h4-14,16,18,24-25H,15,17H2,1-3H3,(H,30,34)(H,31,33). The summed E-state index contributed by atoms with van der Waals surface area (Å²) in [6.45, 7) is 6.76. The number of aryl methyl sites for hydroxylation is 1. The van der Waals surface area contributed by atoms with Crippen molar-refractivity contribution in [1.82, 2.24) is 15.2 Å². The molecule has 1 fully saturated rings. The van der Waals surface area contributed by atoms with Crippen LogP contribution < -0.4 is 10.6 Å². The zero-order chi connectivity index (χ0) is 25.7. The number of pyridine rings is 1. The molecular weight excluding hydrogens is 456 g/mol. The number of amides is 3. The van der Waals surface area contributed by atoms with Gasteiger partial charge in [-0.15, -0.1) is 0 Å². The number of benzene rings is 2. The maximum atomic E-state index is 13.3. The molecule has 8 nitrogen and oxygen atoms in total. The van der Waals surface area contributed by atoms with Gasteiger partial charge in [0.15, 0.2) is 12.1 Å². The number of hydrogen-bond donors (Lipinski definition) is 2. The molecule has 1 saturated heterocycles. The summed E-state index contributed by atoms with van der Waals surface area (Å²) in [6.07, 6.45) is 1.77. The topological polar surface area (TPSA) is 101 Å². The van der Waals surface area contributed by atoms with Crippen LogP contribution in [0.1, 0.15) is 47.0 Å². The highest BCUT2D eigenvalue weighted by Crippen LogP contribution is 2.34. The molecule has 2 heterocycles. The monoisotopic (exact) mass is 486 g/mol. The van der Waals surface area contributed by atoms with Crippen molar-refractivity contribution in [3.8, 4) is 0 Å². The van der Waals surface area contributed by atoms with E-state index in [4.69, 9.17) is 4.74 Å². The number of carbonyl (C=O) groups excluding carboxylic acids is 3. The minimum Gasteiger partial charge on any atom is -0.438 e. The number of hydrogen-bond acceptors (Lipinski definition) is 5. The van der Waals surface area contributed by atoms with E-state index in [1.165, 1.54) is 11.1 Å². The smallest absolute Gasteiger partial charge is 0.411 e. The first-order valence-corrected chi connectivity index (χ1v) is 11.9. The van der Waals surface area contributed by atoms with Gasteiger partial charge in [-0.2, -0.15) is 0 Å². The van der Waals surface area contributed by atoms with Crippen molar-refractivity contribution in [2.75, 3.05) is 11.9 Å². The zero-order valence-corrected chi connectivity index (χ0v) is 20.6. The summed E-state index contributed by atoms with van der Waals surface area (Å²) in [6, 6.07) is 17.3. The average molecular weight is 487 g/mol. The van der Waals surface area contributed by atoms with E-state index in [0.29, 0.717) is 23.4 Å². The third-order valence-corrected chi connectivity index (χ3v) is 5.89. The predicted octanol–water partition coefficient (Wildman–Crippen LogP) is 4.48. The van der Waals surface area contributed by atoms with Crippen LogP contribution in [-0.2, 0) is 16.1 Å². The van der Waals surface area contributed by atoms with Crippen LogP contribution in [0.5, 0.6) is 0 Å². The van der Waals surface area contributed by atoms with Gasteiger partial charge in [0.1, 0.15) is 0 Å². The molecule has 2 aromatic carbocycles. The summed E-state index contributed by atoms with van der Waals surface area (Å²) >= 11 is 0. The van der Waals surface area contributed by atoms with Gasteiger partial charge in [0.2, 0.25) is 5.91 Å². The molecule has 3 aromatic rings. The van der Waals surface area contributed by atoms with Gasteiger partial charge in [0.05, 0.1) is 12.1 Å². The predicted molar refractivity (Wildman–Crippen MR) is 136 cm³/mol. The first-order chi connectivity index (χ1) is 17.3. The Hall–Kier alpha value is -4.20. The molecule has 0 bridgehead atoms. The van der Waals surface area contributed by atoms with Crippen LogP contribution in [0.2, 0.25) is 0 Å². The van der Waals surface area contributed by atoms with Gasteiger partial charge in [-0.05, 0) is 48.2 Å². The fraction of sp³-hybridized carbons (Fsp3) is 0.286. The SMILES string of the molecule is Cc1cccc(CN2C(=O)OC(c3ccc(NC(=O)c4cccnc4)cc3)C2C(=O)NCC(C)C)c1. The Labute approximate surface area is 210 Å². The van der Waals surface area contributed by atoms with Crippen LogP contribution in [0.4, 0.5) is 10.5 Å². The molecule has 0 spiro atoms. The van der Waals surface area contributed by atoms with E-state index in [9.17, 15) is 14.4 Å². The molecule has 0 aliphatic carbocycles. The van der Waals surface area contributed by atoms with Crippen molar-refractivity contribution in [2.24, 2.45) is 5.92 Å². The Morgan fingerprint density at radius 3 is 2.53 bits per heavy atom. The number of nitrogens with one attached hydrogen (secondary N) is 2. The van der Waals surface area contributed by atoms with Crippen LogP contribution >= 0.6 is 0 Å². The number of rotatable bonds is 8. The molecule has 1 aliphatic rings. The minimum absolute atomic E-state index is 0.260. The van der Waals surface area contributed by atoms with Crippen LogP contribution in [0.15, 0.2) is 73.1 Å². The molecule has 1 aromatic heterocycles. The van der Waals surface area contributed by atoms with Gasteiger partial charge in [-0.25, -0.2) is 4.79 Å². The average Bonchev–Trinajstić information content (AvgIpc) is 3.19. The Balaban J connectivity index is 1.55. The quantitative estimate of drug-likeness (QED) is 0.489. The first-order valence-electron chi connectivity index (χ1n) is 11.9. The maximum Gasteiger partial charge on any atom is 0.411 e.